The molecule has 1 aliphatic carbocycles. The monoisotopic (exact) mass is 613 g/mol. The van der Waals surface area contributed by atoms with Crippen molar-refractivity contribution in [2.45, 2.75) is 57.9 Å². The van der Waals surface area contributed by atoms with Crippen molar-refractivity contribution >= 4 is 62.8 Å². The number of amides is 3. The largest absolute Gasteiger partial charge is 0.478 e. The average Bonchev–Trinajstić information content (AvgIpc) is 3.72. The zero-order chi connectivity index (χ0) is 31.6. The van der Waals surface area contributed by atoms with Crippen molar-refractivity contribution in [3.63, 3.8) is 0 Å². The molecule has 2 aromatic heterocycles. The fraction of sp³-hybridized carbons (Fsp3) is 0.303. The Kier molecular flexibility index (Phi) is 8.68. The number of fused-ring (bicyclic) bond motifs is 1. The Hall–Kier alpha value is -4.77. The van der Waals surface area contributed by atoms with Crippen LogP contribution in [-0.2, 0) is 21.4 Å². The second-order valence-electron chi connectivity index (χ2n) is 11.6. The zero-order valence-electron chi connectivity index (χ0n) is 25.1. The molecule has 0 spiro atoms. The molecule has 5 rings (SSSR count). The van der Waals surface area contributed by atoms with E-state index in [1.54, 1.807) is 44.2 Å². The van der Waals surface area contributed by atoms with Gasteiger partial charge in [-0.25, -0.2) is 9.78 Å². The Morgan fingerprint density at radius 3 is 2.41 bits per heavy atom. The predicted octanol–water partition coefficient (Wildman–Crippen LogP) is 6.16. The Labute approximate surface area is 259 Å². The highest BCUT2D eigenvalue weighted by Gasteiger charge is 2.31. The van der Waals surface area contributed by atoms with Crippen LogP contribution in [0.3, 0.4) is 0 Å². The first-order valence-electron chi connectivity index (χ1n) is 14.4. The summed E-state index contributed by atoms with van der Waals surface area (Å²) in [5.74, 6) is -1.62. The van der Waals surface area contributed by atoms with Crippen LogP contribution in [-0.4, -0.2) is 43.9 Å². The SMILES string of the molecule is CC(=O)Nc1nc(-c2c(C3CCCC3)c3ccc(C(=O)NC(C)(C)C(=O)Nc4ccc(/C=C/C(=O)O)cc4)cc3n2C)cs1. The number of carbonyl (C=O) groups is 4. The number of hydrogen-bond acceptors (Lipinski definition) is 6. The maximum absolute atomic E-state index is 13.5. The number of nitrogens with one attached hydrogen (secondary N) is 3. The van der Waals surface area contributed by atoms with E-state index in [1.165, 1.54) is 29.9 Å². The lowest BCUT2D eigenvalue weighted by molar-refractivity contribution is -0.131. The molecule has 228 valence electrons. The summed E-state index contributed by atoms with van der Waals surface area (Å²) in [5, 5.41) is 20.8. The number of rotatable bonds is 9. The number of benzene rings is 2. The van der Waals surface area contributed by atoms with Gasteiger partial charge < -0.3 is 25.6 Å². The Balaban J connectivity index is 1.39. The van der Waals surface area contributed by atoms with E-state index in [0.717, 1.165) is 54.1 Å². The van der Waals surface area contributed by atoms with E-state index in [4.69, 9.17) is 10.1 Å². The van der Waals surface area contributed by atoms with Crippen molar-refractivity contribution in [3.05, 3.63) is 70.6 Å². The summed E-state index contributed by atoms with van der Waals surface area (Å²) < 4.78 is 2.07. The molecule has 4 aromatic rings. The molecule has 0 unspecified atom stereocenters. The average molecular weight is 614 g/mol. The zero-order valence-corrected chi connectivity index (χ0v) is 25.9. The van der Waals surface area contributed by atoms with Crippen molar-refractivity contribution in [2.75, 3.05) is 10.6 Å². The number of nitrogens with zero attached hydrogens (tertiary/aromatic N) is 2. The van der Waals surface area contributed by atoms with Gasteiger partial charge in [-0.05, 0) is 74.1 Å². The topological polar surface area (TPSA) is 142 Å². The van der Waals surface area contributed by atoms with E-state index in [1.807, 2.05) is 24.6 Å². The second-order valence-corrected chi connectivity index (χ2v) is 12.4. The molecule has 3 amide bonds. The standard InChI is InChI=1S/C33H35N5O5S/c1-19(39)34-32-36-25(18-44-32)29-28(21-7-5-6-8-21)24-15-12-22(17-26(24)38(29)4)30(42)37-33(2,3)31(43)35-23-13-9-20(10-14-23)11-16-27(40)41/h9-18,21H,5-8H2,1-4H3,(H,35,43)(H,37,42)(H,40,41)(H,34,36,39)/b16-11+. The van der Waals surface area contributed by atoms with Crippen molar-refractivity contribution in [1.82, 2.24) is 14.9 Å². The molecular weight excluding hydrogens is 578 g/mol. The fourth-order valence-electron chi connectivity index (χ4n) is 5.68. The molecule has 0 atom stereocenters. The molecule has 1 fully saturated rings. The smallest absolute Gasteiger partial charge is 0.328 e. The summed E-state index contributed by atoms with van der Waals surface area (Å²) in [6, 6.07) is 12.3. The maximum atomic E-state index is 13.5. The van der Waals surface area contributed by atoms with Crippen LogP contribution in [0.25, 0.3) is 28.4 Å². The number of anilines is 2. The molecule has 0 radical (unpaired) electrons. The van der Waals surface area contributed by atoms with E-state index in [0.29, 0.717) is 27.9 Å². The quantitative estimate of drug-likeness (QED) is 0.167. The highest BCUT2D eigenvalue weighted by molar-refractivity contribution is 7.14. The molecule has 1 saturated carbocycles. The van der Waals surface area contributed by atoms with E-state index >= 15 is 0 Å². The summed E-state index contributed by atoms with van der Waals surface area (Å²) in [7, 11) is 1.97. The van der Waals surface area contributed by atoms with Crippen LogP contribution >= 0.6 is 11.3 Å². The molecule has 44 heavy (non-hydrogen) atoms. The third-order valence-corrected chi connectivity index (χ3v) is 8.63. The van der Waals surface area contributed by atoms with Crippen LogP contribution in [0.1, 0.15) is 73.9 Å². The summed E-state index contributed by atoms with van der Waals surface area (Å²) in [4.78, 5) is 53.6. The molecule has 10 nitrogen and oxygen atoms in total. The molecule has 0 bridgehead atoms. The van der Waals surface area contributed by atoms with Crippen molar-refractivity contribution in [2.24, 2.45) is 7.05 Å². The Bertz CT molecular complexity index is 1780. The van der Waals surface area contributed by atoms with Gasteiger partial charge in [-0.3, -0.25) is 14.4 Å². The van der Waals surface area contributed by atoms with E-state index < -0.39 is 17.4 Å². The first-order chi connectivity index (χ1) is 20.9. The van der Waals surface area contributed by atoms with Crippen LogP contribution in [0.2, 0.25) is 0 Å². The maximum Gasteiger partial charge on any atom is 0.328 e. The number of hydrogen-bond donors (Lipinski definition) is 4. The van der Waals surface area contributed by atoms with Crippen LogP contribution in [0.4, 0.5) is 10.8 Å². The highest BCUT2D eigenvalue weighted by atomic mass is 32.1. The molecule has 0 aliphatic heterocycles. The van der Waals surface area contributed by atoms with Gasteiger partial charge in [0.05, 0.1) is 5.69 Å². The highest BCUT2D eigenvalue weighted by Crippen LogP contribution is 2.45. The van der Waals surface area contributed by atoms with Crippen LogP contribution < -0.4 is 16.0 Å². The van der Waals surface area contributed by atoms with Crippen LogP contribution in [0.15, 0.2) is 53.9 Å². The number of carboxylic acid groups (broad SMARTS) is 1. The third-order valence-electron chi connectivity index (χ3n) is 7.88. The van der Waals surface area contributed by atoms with Gasteiger partial charge >= 0.3 is 5.97 Å². The van der Waals surface area contributed by atoms with E-state index in [2.05, 4.69) is 20.5 Å². The summed E-state index contributed by atoms with van der Waals surface area (Å²) in [5.41, 5.74) is 4.27. The second kappa shape index (κ2) is 12.5. The fourth-order valence-corrected chi connectivity index (χ4v) is 6.42. The van der Waals surface area contributed by atoms with Crippen LogP contribution in [0, 0.1) is 0 Å². The minimum atomic E-state index is -1.23. The molecule has 1 aliphatic rings. The molecule has 0 saturated heterocycles. The van der Waals surface area contributed by atoms with Crippen LogP contribution in [0.5, 0.6) is 0 Å². The number of carbonyl (C=O) groups excluding carboxylic acids is 3. The summed E-state index contributed by atoms with van der Waals surface area (Å²) in [6.45, 7) is 4.73. The number of aryl methyl sites for hydroxylation is 1. The first-order valence-corrected chi connectivity index (χ1v) is 15.3. The molecule has 4 N–H and O–H groups in total. The van der Waals surface area contributed by atoms with Gasteiger partial charge in [0.2, 0.25) is 11.8 Å². The Morgan fingerprint density at radius 1 is 1.05 bits per heavy atom. The molecular formula is C33H35N5O5S. The first kappa shape index (κ1) is 30.7. The minimum Gasteiger partial charge on any atom is -0.478 e. The number of aromatic nitrogens is 2. The van der Waals surface area contributed by atoms with Gasteiger partial charge in [-0.15, -0.1) is 11.3 Å². The van der Waals surface area contributed by atoms with Gasteiger partial charge in [0.1, 0.15) is 11.2 Å². The van der Waals surface area contributed by atoms with E-state index in [-0.39, 0.29) is 11.8 Å². The minimum absolute atomic E-state index is 0.172. The summed E-state index contributed by atoms with van der Waals surface area (Å²) >= 11 is 1.38. The number of thiazole rings is 1. The Morgan fingerprint density at radius 2 is 1.75 bits per heavy atom. The number of aliphatic carboxylic acids is 1. The lowest BCUT2D eigenvalue weighted by Gasteiger charge is -2.25. The third kappa shape index (κ3) is 6.57. The van der Waals surface area contributed by atoms with Crippen molar-refractivity contribution in [1.29, 1.82) is 0 Å². The lowest BCUT2D eigenvalue weighted by atomic mass is 9.93. The molecule has 11 heteroatoms. The normalized spacial score (nSPS) is 13.8. The van der Waals surface area contributed by atoms with E-state index in [9.17, 15) is 19.2 Å². The van der Waals surface area contributed by atoms with Crippen molar-refractivity contribution < 1.29 is 24.3 Å². The lowest BCUT2D eigenvalue weighted by Crippen LogP contribution is -2.52. The molecule has 2 heterocycles. The van der Waals surface area contributed by atoms with Crippen molar-refractivity contribution in [3.8, 4) is 11.4 Å². The van der Waals surface area contributed by atoms with Gasteiger partial charge in [-0.2, -0.15) is 0 Å². The van der Waals surface area contributed by atoms with Gasteiger partial charge in [0.15, 0.2) is 5.13 Å². The molecule has 2 aromatic carbocycles. The summed E-state index contributed by atoms with van der Waals surface area (Å²) in [6.07, 6.45) is 7.00. The van der Waals surface area contributed by atoms with Gasteiger partial charge in [0.25, 0.3) is 5.91 Å². The van der Waals surface area contributed by atoms with Gasteiger partial charge in [0, 0.05) is 47.6 Å². The number of carboxylic acids is 1. The van der Waals surface area contributed by atoms with Gasteiger partial charge in [-0.1, -0.05) is 31.0 Å². The predicted molar refractivity (Wildman–Crippen MR) is 173 cm³/mol.